The number of hydrogen-bond donors (Lipinski definition) is 5. The van der Waals surface area contributed by atoms with E-state index < -0.39 is 31.8 Å². The van der Waals surface area contributed by atoms with Gasteiger partial charge >= 0.3 is 12.1 Å². The molecule has 0 amide bonds. The number of carbonyl (C=O) groups is 1. The third-order valence-corrected chi connectivity index (χ3v) is 11.7. The molecule has 0 atom stereocenters. The van der Waals surface area contributed by atoms with Crippen molar-refractivity contribution < 1.29 is 39.9 Å². The molecular weight excluding hydrogens is 688 g/mol. The predicted molar refractivity (Wildman–Crippen MR) is 176 cm³/mol. The van der Waals surface area contributed by atoms with Crippen LogP contribution in [0, 0.1) is 17.7 Å². The molecule has 0 aliphatic carbocycles. The van der Waals surface area contributed by atoms with Gasteiger partial charge in [0.1, 0.15) is 15.7 Å². The lowest BCUT2D eigenvalue weighted by Gasteiger charge is -2.24. The van der Waals surface area contributed by atoms with Crippen LogP contribution < -0.4 is 16.4 Å². The van der Waals surface area contributed by atoms with E-state index >= 15 is 0 Å². The molecule has 0 aliphatic heterocycles. The van der Waals surface area contributed by atoms with Crippen molar-refractivity contribution in [3.63, 3.8) is 0 Å². The molecule has 11 nitrogen and oxygen atoms in total. The Kier molecular flexibility index (Phi) is 13.2. The normalized spacial score (nSPS) is 11.8. The number of carboxylic acid groups (broad SMARTS) is 1. The number of amidine groups is 1. The van der Waals surface area contributed by atoms with Crippen molar-refractivity contribution >= 4 is 66.2 Å². The van der Waals surface area contributed by atoms with Crippen LogP contribution in [0.2, 0.25) is 0 Å². The van der Waals surface area contributed by atoms with Crippen molar-refractivity contribution in [3.8, 4) is 11.1 Å². The predicted octanol–water partition coefficient (Wildman–Crippen LogP) is 5.11. The molecule has 1 heterocycles. The van der Waals surface area contributed by atoms with E-state index in [9.17, 15) is 30.0 Å². The number of aryl methyl sites for hydroxylation is 1. The highest BCUT2D eigenvalue weighted by molar-refractivity contribution is 8.01. The Labute approximate surface area is 273 Å². The Morgan fingerprint density at radius 3 is 2.15 bits per heavy atom. The highest BCUT2D eigenvalue weighted by Crippen LogP contribution is 2.38. The van der Waals surface area contributed by atoms with Gasteiger partial charge in [0.25, 0.3) is 0 Å². The standard InChI is InChI=1S/C26H33N5O4S4.C2HF3O2/c1-17-14-19(31(26(29)30)12-5-4-6-13-38(3,32)33)10-11-21(17)18-8-7-9-20(15-18)39(34,35)23-16-22(24(27)28)37-25(23)36-2;3-2(4,5)1(6)7/h7-11,14-16H,4-6,12-13H2,1-3H3,(H3,27,28)(H3,29,30);(H,6,7). The van der Waals surface area contributed by atoms with E-state index in [1.54, 1.807) is 29.4 Å². The monoisotopic (exact) mass is 721 g/mol. The Balaban J connectivity index is 0.000000942. The molecule has 7 N–H and O–H groups in total. The van der Waals surface area contributed by atoms with Gasteiger partial charge in [-0.25, -0.2) is 21.6 Å². The topological polar surface area (TPSA) is 209 Å². The average molecular weight is 722 g/mol. The van der Waals surface area contributed by atoms with Gasteiger partial charge in [-0.3, -0.25) is 10.8 Å². The van der Waals surface area contributed by atoms with Gasteiger partial charge in [0, 0.05) is 24.2 Å². The molecule has 0 bridgehead atoms. The number of nitrogens with two attached hydrogens (primary N) is 2. The number of unbranched alkanes of at least 4 members (excludes halogenated alkanes) is 2. The Hall–Kier alpha value is -3.61. The number of sulfone groups is 2. The van der Waals surface area contributed by atoms with Crippen LogP contribution in [0.1, 0.15) is 29.7 Å². The quantitative estimate of drug-likeness (QED) is 0.0722. The minimum absolute atomic E-state index is 0.108. The van der Waals surface area contributed by atoms with E-state index in [1.165, 1.54) is 35.4 Å². The smallest absolute Gasteiger partial charge is 0.475 e. The van der Waals surface area contributed by atoms with E-state index in [4.69, 9.17) is 32.2 Å². The van der Waals surface area contributed by atoms with Crippen molar-refractivity contribution in [1.82, 2.24) is 0 Å². The second kappa shape index (κ2) is 15.8. The summed E-state index contributed by atoms with van der Waals surface area (Å²) in [6, 6.07) is 13.8. The summed E-state index contributed by atoms with van der Waals surface area (Å²) in [7, 11) is -6.84. The molecule has 0 fully saturated rings. The number of thioether (sulfide) groups is 1. The number of nitrogens with zero attached hydrogens (tertiary/aromatic N) is 1. The molecule has 3 rings (SSSR count). The summed E-state index contributed by atoms with van der Waals surface area (Å²) in [6.45, 7) is 2.39. The van der Waals surface area contributed by atoms with Gasteiger partial charge in [0.2, 0.25) is 9.84 Å². The first-order chi connectivity index (χ1) is 21.2. The number of nitrogens with one attached hydrogen (secondary N) is 2. The molecular formula is C28H34F3N5O6S4. The number of rotatable bonds is 12. The third-order valence-electron chi connectivity index (χ3n) is 6.31. The fourth-order valence-electron chi connectivity index (χ4n) is 4.12. The van der Waals surface area contributed by atoms with E-state index in [1.807, 2.05) is 31.2 Å². The fraction of sp³-hybridized carbons (Fsp3) is 0.321. The summed E-state index contributed by atoms with van der Waals surface area (Å²) in [6.07, 6.45) is -0.136. The van der Waals surface area contributed by atoms with Gasteiger partial charge in [-0.15, -0.1) is 23.1 Å². The highest BCUT2D eigenvalue weighted by Gasteiger charge is 2.38. The number of guanidine groups is 1. The third kappa shape index (κ3) is 10.7. The molecule has 0 aliphatic rings. The zero-order chi connectivity index (χ0) is 35.0. The van der Waals surface area contributed by atoms with Crippen molar-refractivity contribution in [2.24, 2.45) is 11.5 Å². The molecule has 3 aromatic rings. The molecule has 46 heavy (non-hydrogen) atoms. The maximum atomic E-state index is 13.5. The lowest BCUT2D eigenvalue weighted by atomic mass is 10.00. The van der Waals surface area contributed by atoms with Crippen molar-refractivity contribution in [1.29, 1.82) is 10.8 Å². The number of benzene rings is 2. The van der Waals surface area contributed by atoms with Gasteiger partial charge in [-0.1, -0.05) is 24.6 Å². The number of hydrogen-bond acceptors (Lipinski definition) is 9. The van der Waals surface area contributed by atoms with E-state index in [-0.39, 0.29) is 27.3 Å². The van der Waals surface area contributed by atoms with Gasteiger partial charge in [-0.2, -0.15) is 13.2 Å². The Bertz CT molecular complexity index is 1810. The van der Waals surface area contributed by atoms with Crippen LogP contribution in [-0.4, -0.2) is 70.7 Å². The Morgan fingerprint density at radius 2 is 1.65 bits per heavy atom. The molecule has 0 saturated heterocycles. The van der Waals surface area contributed by atoms with E-state index in [0.29, 0.717) is 34.9 Å². The first-order valence-electron chi connectivity index (χ1n) is 13.3. The van der Waals surface area contributed by atoms with Crippen LogP contribution in [-0.2, 0) is 24.5 Å². The van der Waals surface area contributed by atoms with Crippen LogP contribution >= 0.6 is 23.1 Å². The lowest BCUT2D eigenvalue weighted by Crippen LogP contribution is -2.37. The van der Waals surface area contributed by atoms with Crippen LogP contribution in [0.5, 0.6) is 0 Å². The second-order valence-electron chi connectivity index (χ2n) is 9.94. The minimum Gasteiger partial charge on any atom is -0.475 e. The number of carboxylic acids is 1. The number of anilines is 1. The van der Waals surface area contributed by atoms with Gasteiger partial charge in [0.15, 0.2) is 5.96 Å². The van der Waals surface area contributed by atoms with E-state index in [0.717, 1.165) is 22.4 Å². The molecule has 0 unspecified atom stereocenters. The van der Waals surface area contributed by atoms with Crippen molar-refractivity contribution in [2.45, 2.75) is 46.4 Å². The summed E-state index contributed by atoms with van der Waals surface area (Å²) in [4.78, 5) is 11.3. The summed E-state index contributed by atoms with van der Waals surface area (Å²) in [5.74, 6) is -2.90. The number of nitrogen functional groups attached to an aromatic ring is 1. The summed E-state index contributed by atoms with van der Waals surface area (Å²) in [5, 5.41) is 22.8. The second-order valence-corrected chi connectivity index (χ2v) is 16.2. The highest BCUT2D eigenvalue weighted by atomic mass is 32.2. The summed E-state index contributed by atoms with van der Waals surface area (Å²) < 4.78 is 82.1. The van der Waals surface area contributed by atoms with Gasteiger partial charge in [0.05, 0.1) is 18.9 Å². The SMILES string of the molecule is CSc1sc(C(=N)N)cc1S(=O)(=O)c1cccc(-c2ccc(N(CCCCCS(C)(=O)=O)C(=N)N)cc2C)c1.O=C(O)C(F)(F)F. The summed E-state index contributed by atoms with van der Waals surface area (Å²) >= 11 is 2.49. The van der Waals surface area contributed by atoms with Crippen LogP contribution in [0.15, 0.2) is 62.5 Å². The molecule has 252 valence electrons. The maximum absolute atomic E-state index is 13.5. The van der Waals surface area contributed by atoms with Crippen LogP contribution in [0.4, 0.5) is 18.9 Å². The molecule has 0 saturated carbocycles. The van der Waals surface area contributed by atoms with Gasteiger partial charge < -0.3 is 21.5 Å². The first-order valence-corrected chi connectivity index (χ1v) is 18.8. The number of alkyl halides is 3. The van der Waals surface area contributed by atoms with E-state index in [2.05, 4.69) is 0 Å². The average Bonchev–Trinajstić information content (AvgIpc) is 3.40. The zero-order valence-corrected chi connectivity index (χ0v) is 28.3. The number of aliphatic carboxylic acids is 1. The molecule has 0 radical (unpaired) electrons. The first kappa shape index (κ1) is 38.6. The fourth-order valence-corrected chi connectivity index (χ4v) is 8.75. The van der Waals surface area contributed by atoms with Gasteiger partial charge in [-0.05, 0) is 73.0 Å². The van der Waals surface area contributed by atoms with Crippen LogP contribution in [0.25, 0.3) is 11.1 Å². The van der Waals surface area contributed by atoms with Crippen molar-refractivity contribution in [2.75, 3.05) is 29.7 Å². The van der Waals surface area contributed by atoms with Crippen molar-refractivity contribution in [3.05, 3.63) is 59.0 Å². The minimum atomic E-state index is -5.08. The lowest BCUT2D eigenvalue weighted by molar-refractivity contribution is -0.192. The van der Waals surface area contributed by atoms with Crippen LogP contribution in [0.3, 0.4) is 0 Å². The number of thiophene rings is 1. The molecule has 1 aromatic heterocycles. The molecule has 2 aromatic carbocycles. The Morgan fingerprint density at radius 1 is 1.02 bits per heavy atom. The zero-order valence-electron chi connectivity index (χ0n) is 25.0. The molecule has 18 heteroatoms. The maximum Gasteiger partial charge on any atom is 0.490 e. The number of halogens is 3. The largest absolute Gasteiger partial charge is 0.490 e. The summed E-state index contributed by atoms with van der Waals surface area (Å²) in [5.41, 5.74) is 14.6. The molecule has 0 spiro atoms.